The van der Waals surface area contributed by atoms with Crippen LogP contribution in [0.5, 0.6) is 0 Å². The molecule has 0 amide bonds. The summed E-state index contributed by atoms with van der Waals surface area (Å²) in [6, 6.07) is 0.649. The van der Waals surface area contributed by atoms with Crippen LogP contribution in [0.2, 0.25) is 0 Å². The van der Waals surface area contributed by atoms with E-state index in [2.05, 4.69) is 24.2 Å². The highest BCUT2D eigenvalue weighted by molar-refractivity contribution is 8.13. The minimum atomic E-state index is -2.76. The molecular weight excluding hydrogens is 256 g/mol. The van der Waals surface area contributed by atoms with E-state index in [0.717, 1.165) is 10.9 Å². The third-order valence-electron chi connectivity index (χ3n) is 3.51. The van der Waals surface area contributed by atoms with Gasteiger partial charge in [0, 0.05) is 11.8 Å². The molecule has 0 spiro atoms. The fourth-order valence-electron chi connectivity index (χ4n) is 1.99. The fourth-order valence-corrected chi connectivity index (χ4v) is 4.67. The summed E-state index contributed by atoms with van der Waals surface area (Å²) in [5, 5.41) is 4.39. The zero-order valence-corrected chi connectivity index (χ0v) is 12.0. The van der Waals surface area contributed by atoms with Crippen LogP contribution in [0.4, 0.5) is 0 Å². The standard InChI is InChI=1S/C11H20N2O2S2/c1-8-7-16-11(12-9(8)2)13-10-3-5-17(14,15)6-4-10/h8-10H,3-7H2,1-2H3,(H,12,13). The van der Waals surface area contributed by atoms with Crippen molar-refractivity contribution in [3.8, 4) is 0 Å². The van der Waals surface area contributed by atoms with E-state index in [1.165, 1.54) is 0 Å². The van der Waals surface area contributed by atoms with Crippen molar-refractivity contribution in [2.45, 2.75) is 38.8 Å². The molecule has 0 aromatic rings. The van der Waals surface area contributed by atoms with Gasteiger partial charge in [-0.1, -0.05) is 18.7 Å². The molecule has 98 valence electrons. The lowest BCUT2D eigenvalue weighted by Crippen LogP contribution is -2.41. The number of hydrogen-bond donors (Lipinski definition) is 1. The minimum absolute atomic E-state index is 0.283. The van der Waals surface area contributed by atoms with Gasteiger partial charge in [-0.05, 0) is 25.7 Å². The lowest BCUT2D eigenvalue weighted by atomic mass is 10.1. The molecule has 0 saturated carbocycles. The van der Waals surface area contributed by atoms with E-state index in [4.69, 9.17) is 0 Å². The third kappa shape index (κ3) is 3.61. The van der Waals surface area contributed by atoms with Gasteiger partial charge in [-0.15, -0.1) is 0 Å². The molecule has 1 N–H and O–H groups in total. The summed E-state index contributed by atoms with van der Waals surface area (Å²) in [5.41, 5.74) is 0. The van der Waals surface area contributed by atoms with E-state index in [1.807, 2.05) is 0 Å². The molecule has 2 heterocycles. The predicted octanol–water partition coefficient (Wildman–Crippen LogP) is 1.28. The second-order valence-electron chi connectivity index (χ2n) is 5.03. The number of sulfone groups is 1. The summed E-state index contributed by atoms with van der Waals surface area (Å²) >= 11 is 1.76. The Hall–Kier alpha value is -0.230. The van der Waals surface area contributed by atoms with E-state index in [1.54, 1.807) is 11.8 Å². The Kier molecular flexibility index (Phi) is 4.02. The molecule has 0 radical (unpaired) electrons. The first kappa shape index (κ1) is 13.2. The number of aliphatic imine (C=N–C) groups is 1. The van der Waals surface area contributed by atoms with E-state index < -0.39 is 9.84 Å². The SMILES string of the molecule is CC1CSC(NC2CCS(=O)(=O)CC2)=NC1C. The normalized spacial score (nSPS) is 34.1. The number of rotatable bonds is 1. The number of nitrogens with one attached hydrogen (secondary N) is 1. The smallest absolute Gasteiger partial charge is 0.157 e. The van der Waals surface area contributed by atoms with Gasteiger partial charge in [0.05, 0.1) is 17.5 Å². The molecule has 0 aliphatic carbocycles. The largest absolute Gasteiger partial charge is 0.362 e. The summed E-state index contributed by atoms with van der Waals surface area (Å²) in [5.74, 6) is 2.35. The van der Waals surface area contributed by atoms with Gasteiger partial charge in [-0.3, -0.25) is 4.99 Å². The van der Waals surface area contributed by atoms with Crippen LogP contribution in [0.25, 0.3) is 0 Å². The summed E-state index contributed by atoms with van der Waals surface area (Å²) in [4.78, 5) is 4.61. The van der Waals surface area contributed by atoms with Crippen molar-refractivity contribution in [3.63, 3.8) is 0 Å². The Morgan fingerprint density at radius 1 is 1.29 bits per heavy atom. The van der Waals surface area contributed by atoms with Gasteiger partial charge in [-0.2, -0.15) is 0 Å². The lowest BCUT2D eigenvalue weighted by Gasteiger charge is -2.28. The van der Waals surface area contributed by atoms with Gasteiger partial charge in [-0.25, -0.2) is 8.42 Å². The second kappa shape index (κ2) is 5.18. The number of hydrogen-bond acceptors (Lipinski definition) is 5. The van der Waals surface area contributed by atoms with Crippen molar-refractivity contribution >= 4 is 26.8 Å². The molecule has 1 saturated heterocycles. The van der Waals surface area contributed by atoms with Crippen LogP contribution in [-0.2, 0) is 9.84 Å². The van der Waals surface area contributed by atoms with Crippen molar-refractivity contribution in [2.24, 2.45) is 10.9 Å². The van der Waals surface area contributed by atoms with Crippen molar-refractivity contribution in [1.29, 1.82) is 0 Å². The van der Waals surface area contributed by atoms with Crippen LogP contribution in [0.1, 0.15) is 26.7 Å². The molecule has 0 aromatic carbocycles. The first-order valence-electron chi connectivity index (χ1n) is 6.14. The lowest BCUT2D eigenvalue weighted by molar-refractivity contribution is 0.509. The van der Waals surface area contributed by atoms with Gasteiger partial charge in [0.15, 0.2) is 5.17 Å². The third-order valence-corrected chi connectivity index (χ3v) is 6.41. The molecule has 0 aromatic heterocycles. The van der Waals surface area contributed by atoms with Crippen LogP contribution in [0.3, 0.4) is 0 Å². The first-order chi connectivity index (χ1) is 7.96. The van der Waals surface area contributed by atoms with E-state index in [-0.39, 0.29) is 6.04 Å². The van der Waals surface area contributed by atoms with Crippen LogP contribution >= 0.6 is 11.8 Å². The summed E-state index contributed by atoms with van der Waals surface area (Å²) in [6.07, 6.45) is 1.43. The van der Waals surface area contributed by atoms with Crippen LogP contribution in [-0.4, -0.2) is 42.9 Å². The van der Waals surface area contributed by atoms with E-state index >= 15 is 0 Å². The molecular formula is C11H20N2O2S2. The maximum Gasteiger partial charge on any atom is 0.157 e. The first-order valence-corrected chi connectivity index (χ1v) is 8.94. The Morgan fingerprint density at radius 3 is 2.53 bits per heavy atom. The second-order valence-corrected chi connectivity index (χ2v) is 8.35. The van der Waals surface area contributed by atoms with Crippen LogP contribution < -0.4 is 5.32 Å². The Labute approximate surface area is 108 Å². The molecule has 0 bridgehead atoms. The summed E-state index contributed by atoms with van der Waals surface area (Å²) in [7, 11) is -2.76. The Morgan fingerprint density at radius 2 is 1.94 bits per heavy atom. The van der Waals surface area contributed by atoms with E-state index in [9.17, 15) is 8.42 Å². The molecule has 17 heavy (non-hydrogen) atoms. The summed E-state index contributed by atoms with van der Waals surface area (Å²) in [6.45, 7) is 4.35. The van der Waals surface area contributed by atoms with Crippen molar-refractivity contribution in [2.75, 3.05) is 17.3 Å². The van der Waals surface area contributed by atoms with E-state index in [0.29, 0.717) is 36.3 Å². The van der Waals surface area contributed by atoms with Crippen molar-refractivity contribution in [3.05, 3.63) is 0 Å². The average Bonchev–Trinajstić information content (AvgIpc) is 2.27. The molecule has 2 aliphatic rings. The Balaban J connectivity index is 1.88. The minimum Gasteiger partial charge on any atom is -0.362 e. The van der Waals surface area contributed by atoms with Crippen LogP contribution in [0.15, 0.2) is 4.99 Å². The van der Waals surface area contributed by atoms with Gasteiger partial charge < -0.3 is 5.32 Å². The van der Waals surface area contributed by atoms with Crippen LogP contribution in [0, 0.1) is 5.92 Å². The summed E-state index contributed by atoms with van der Waals surface area (Å²) < 4.78 is 22.6. The number of nitrogens with zero attached hydrogens (tertiary/aromatic N) is 1. The molecule has 2 aliphatic heterocycles. The molecule has 2 rings (SSSR count). The highest BCUT2D eigenvalue weighted by Gasteiger charge is 2.26. The molecule has 4 nitrogen and oxygen atoms in total. The highest BCUT2D eigenvalue weighted by Crippen LogP contribution is 2.23. The predicted molar refractivity (Wildman–Crippen MR) is 73.3 cm³/mol. The Bertz CT molecular complexity index is 392. The molecule has 2 atom stereocenters. The average molecular weight is 276 g/mol. The molecule has 1 fully saturated rings. The van der Waals surface area contributed by atoms with Gasteiger partial charge in [0.2, 0.25) is 0 Å². The zero-order chi connectivity index (χ0) is 12.5. The number of amidine groups is 1. The molecule has 2 unspecified atom stereocenters. The molecule has 6 heteroatoms. The maximum absolute atomic E-state index is 11.3. The van der Waals surface area contributed by atoms with Gasteiger partial charge in [0.25, 0.3) is 0 Å². The monoisotopic (exact) mass is 276 g/mol. The highest BCUT2D eigenvalue weighted by atomic mass is 32.2. The van der Waals surface area contributed by atoms with Gasteiger partial charge >= 0.3 is 0 Å². The van der Waals surface area contributed by atoms with Gasteiger partial charge in [0.1, 0.15) is 9.84 Å². The van der Waals surface area contributed by atoms with Crippen molar-refractivity contribution in [1.82, 2.24) is 5.32 Å². The van der Waals surface area contributed by atoms with Crippen molar-refractivity contribution < 1.29 is 8.42 Å². The topological polar surface area (TPSA) is 58.5 Å². The quantitative estimate of drug-likeness (QED) is 0.784. The maximum atomic E-state index is 11.3. The zero-order valence-electron chi connectivity index (χ0n) is 10.3. The fraction of sp³-hybridized carbons (Fsp3) is 0.909. The number of thioether (sulfide) groups is 1.